The maximum Gasteiger partial charge on any atom is 0.257 e. The van der Waals surface area contributed by atoms with Gasteiger partial charge in [0.15, 0.2) is 0 Å². The highest BCUT2D eigenvalue weighted by Gasteiger charge is 2.21. The first-order valence-corrected chi connectivity index (χ1v) is 7.77. The molecule has 1 aliphatic heterocycles. The van der Waals surface area contributed by atoms with Crippen LogP contribution in [0, 0.1) is 6.92 Å². The lowest BCUT2D eigenvalue weighted by Crippen LogP contribution is -2.36. The van der Waals surface area contributed by atoms with Crippen LogP contribution in [0.3, 0.4) is 0 Å². The summed E-state index contributed by atoms with van der Waals surface area (Å²) in [5.41, 5.74) is 1.72. The van der Waals surface area contributed by atoms with Crippen molar-refractivity contribution in [2.75, 3.05) is 18.4 Å². The Hall–Kier alpha value is -2.30. The second-order valence-electron chi connectivity index (χ2n) is 5.61. The van der Waals surface area contributed by atoms with Crippen LogP contribution in [-0.2, 0) is 6.54 Å². The topological polar surface area (TPSA) is 58.4 Å². The second-order valence-corrected chi connectivity index (χ2v) is 5.61. The van der Waals surface area contributed by atoms with Crippen LogP contribution in [-0.4, -0.2) is 28.9 Å². The number of rotatable bonds is 4. The van der Waals surface area contributed by atoms with E-state index in [1.165, 1.54) is 6.42 Å². The average Bonchev–Trinajstić information content (AvgIpc) is 2.98. The van der Waals surface area contributed by atoms with Crippen molar-refractivity contribution in [3.63, 3.8) is 0 Å². The second kappa shape index (κ2) is 6.64. The number of furan rings is 1. The molecule has 1 saturated heterocycles. The highest BCUT2D eigenvalue weighted by Crippen LogP contribution is 2.19. The molecule has 1 aliphatic rings. The lowest BCUT2D eigenvalue weighted by Gasteiger charge is -2.27. The van der Waals surface area contributed by atoms with E-state index in [1.54, 1.807) is 12.5 Å². The van der Waals surface area contributed by atoms with Crippen molar-refractivity contribution >= 4 is 11.7 Å². The molecule has 116 valence electrons. The van der Waals surface area contributed by atoms with Crippen molar-refractivity contribution in [3.05, 3.63) is 47.5 Å². The summed E-state index contributed by atoms with van der Waals surface area (Å²) >= 11 is 0. The fourth-order valence-electron chi connectivity index (χ4n) is 2.76. The van der Waals surface area contributed by atoms with Crippen LogP contribution in [0.15, 0.2) is 35.1 Å². The van der Waals surface area contributed by atoms with Crippen LogP contribution < -0.4 is 5.32 Å². The Morgan fingerprint density at radius 2 is 2.14 bits per heavy atom. The van der Waals surface area contributed by atoms with E-state index in [0.717, 1.165) is 37.3 Å². The minimum absolute atomic E-state index is 0.0687. The van der Waals surface area contributed by atoms with Crippen molar-refractivity contribution in [2.45, 2.75) is 32.7 Å². The molecular formula is C17H21N3O2. The SMILES string of the molecule is Cc1occc1CNc1ncccc1C(=O)N1CCCCC1. The number of aryl methyl sites for hydroxylation is 1. The van der Waals surface area contributed by atoms with Crippen LogP contribution in [0.2, 0.25) is 0 Å². The number of carbonyl (C=O) groups excluding carboxylic acids is 1. The molecule has 0 saturated carbocycles. The summed E-state index contributed by atoms with van der Waals surface area (Å²) in [7, 11) is 0. The van der Waals surface area contributed by atoms with Gasteiger partial charge in [-0.25, -0.2) is 4.98 Å². The van der Waals surface area contributed by atoms with Crippen LogP contribution in [0.25, 0.3) is 0 Å². The summed E-state index contributed by atoms with van der Waals surface area (Å²) in [6.07, 6.45) is 6.76. The summed E-state index contributed by atoms with van der Waals surface area (Å²) in [6, 6.07) is 5.58. The highest BCUT2D eigenvalue weighted by atomic mass is 16.3. The molecule has 0 spiro atoms. The Morgan fingerprint density at radius 3 is 2.86 bits per heavy atom. The van der Waals surface area contributed by atoms with Gasteiger partial charge in [0.2, 0.25) is 0 Å². The zero-order chi connectivity index (χ0) is 15.4. The average molecular weight is 299 g/mol. The number of carbonyl (C=O) groups is 1. The fourth-order valence-corrected chi connectivity index (χ4v) is 2.76. The summed E-state index contributed by atoms with van der Waals surface area (Å²) in [4.78, 5) is 18.9. The molecule has 2 aromatic heterocycles. The van der Waals surface area contributed by atoms with E-state index < -0.39 is 0 Å². The first kappa shape index (κ1) is 14.6. The van der Waals surface area contributed by atoms with E-state index in [4.69, 9.17) is 4.42 Å². The van der Waals surface area contributed by atoms with Gasteiger partial charge in [0.1, 0.15) is 11.6 Å². The number of likely N-dealkylation sites (tertiary alicyclic amines) is 1. The monoisotopic (exact) mass is 299 g/mol. The third-order valence-corrected chi connectivity index (χ3v) is 4.09. The molecule has 0 aromatic carbocycles. The van der Waals surface area contributed by atoms with Crippen molar-refractivity contribution in [2.24, 2.45) is 0 Å². The minimum atomic E-state index is 0.0687. The van der Waals surface area contributed by atoms with Crippen LogP contribution in [0.5, 0.6) is 0 Å². The molecule has 1 fully saturated rings. The molecule has 22 heavy (non-hydrogen) atoms. The summed E-state index contributed by atoms with van der Waals surface area (Å²) in [5.74, 6) is 1.59. The van der Waals surface area contributed by atoms with Gasteiger partial charge >= 0.3 is 0 Å². The maximum absolute atomic E-state index is 12.7. The number of aromatic nitrogens is 1. The van der Waals surface area contributed by atoms with Crippen molar-refractivity contribution in [1.29, 1.82) is 0 Å². The third kappa shape index (κ3) is 3.13. The predicted molar refractivity (Wildman–Crippen MR) is 84.8 cm³/mol. The van der Waals surface area contributed by atoms with E-state index in [9.17, 15) is 4.79 Å². The van der Waals surface area contributed by atoms with Gasteiger partial charge in [-0.05, 0) is 44.4 Å². The highest BCUT2D eigenvalue weighted by molar-refractivity contribution is 5.98. The van der Waals surface area contributed by atoms with Crippen LogP contribution >= 0.6 is 0 Å². The van der Waals surface area contributed by atoms with Gasteiger partial charge in [-0.1, -0.05) is 0 Å². The first-order valence-electron chi connectivity index (χ1n) is 7.77. The van der Waals surface area contributed by atoms with E-state index in [1.807, 2.05) is 30.0 Å². The molecule has 0 unspecified atom stereocenters. The maximum atomic E-state index is 12.7. The molecule has 2 aromatic rings. The number of amides is 1. The zero-order valence-corrected chi connectivity index (χ0v) is 12.8. The molecular weight excluding hydrogens is 278 g/mol. The third-order valence-electron chi connectivity index (χ3n) is 4.09. The Balaban J connectivity index is 1.74. The summed E-state index contributed by atoms with van der Waals surface area (Å²) < 4.78 is 5.29. The van der Waals surface area contributed by atoms with E-state index in [2.05, 4.69) is 10.3 Å². The van der Waals surface area contributed by atoms with E-state index in [0.29, 0.717) is 17.9 Å². The van der Waals surface area contributed by atoms with Gasteiger partial charge in [0.05, 0.1) is 11.8 Å². The first-order chi connectivity index (χ1) is 10.8. The van der Waals surface area contributed by atoms with Gasteiger partial charge in [0, 0.05) is 31.4 Å². The Bertz CT molecular complexity index is 645. The number of hydrogen-bond acceptors (Lipinski definition) is 4. The normalized spacial score (nSPS) is 14.9. The number of anilines is 1. The fraction of sp³-hybridized carbons (Fsp3) is 0.412. The van der Waals surface area contributed by atoms with Crippen molar-refractivity contribution < 1.29 is 9.21 Å². The Labute approximate surface area is 130 Å². The number of nitrogens with one attached hydrogen (secondary N) is 1. The van der Waals surface area contributed by atoms with E-state index >= 15 is 0 Å². The van der Waals surface area contributed by atoms with Crippen molar-refractivity contribution in [3.8, 4) is 0 Å². The quantitative estimate of drug-likeness (QED) is 0.941. The molecule has 1 N–H and O–H groups in total. The summed E-state index contributed by atoms with van der Waals surface area (Å²) in [6.45, 7) is 4.21. The number of nitrogens with zero attached hydrogens (tertiary/aromatic N) is 2. The summed E-state index contributed by atoms with van der Waals surface area (Å²) in [5, 5.41) is 3.26. The largest absolute Gasteiger partial charge is 0.469 e. The number of hydrogen-bond donors (Lipinski definition) is 1. The van der Waals surface area contributed by atoms with Gasteiger partial charge in [-0.2, -0.15) is 0 Å². The standard InChI is InChI=1S/C17H21N3O2/c1-13-14(7-11-22-13)12-19-16-15(6-5-8-18-16)17(21)20-9-3-2-4-10-20/h5-8,11H,2-4,9-10,12H2,1H3,(H,18,19). The van der Waals surface area contributed by atoms with Crippen LogP contribution in [0.1, 0.15) is 40.9 Å². The molecule has 1 amide bonds. The lowest BCUT2D eigenvalue weighted by atomic mass is 10.1. The minimum Gasteiger partial charge on any atom is -0.469 e. The molecule has 0 bridgehead atoms. The van der Waals surface area contributed by atoms with Crippen molar-refractivity contribution in [1.82, 2.24) is 9.88 Å². The molecule has 0 radical (unpaired) electrons. The molecule has 3 rings (SSSR count). The van der Waals surface area contributed by atoms with Gasteiger partial charge in [-0.3, -0.25) is 4.79 Å². The molecule has 5 heteroatoms. The molecule has 5 nitrogen and oxygen atoms in total. The van der Waals surface area contributed by atoms with Crippen LogP contribution in [0.4, 0.5) is 5.82 Å². The zero-order valence-electron chi connectivity index (χ0n) is 12.8. The molecule has 0 atom stereocenters. The smallest absolute Gasteiger partial charge is 0.257 e. The Morgan fingerprint density at radius 1 is 1.32 bits per heavy atom. The predicted octanol–water partition coefficient (Wildman–Crippen LogP) is 3.22. The molecule has 3 heterocycles. The lowest BCUT2D eigenvalue weighted by molar-refractivity contribution is 0.0725. The number of pyridine rings is 1. The van der Waals surface area contributed by atoms with Gasteiger partial charge in [-0.15, -0.1) is 0 Å². The van der Waals surface area contributed by atoms with E-state index in [-0.39, 0.29) is 5.91 Å². The Kier molecular flexibility index (Phi) is 4.42. The number of piperidine rings is 1. The van der Waals surface area contributed by atoms with Gasteiger partial charge < -0.3 is 14.6 Å². The van der Waals surface area contributed by atoms with Gasteiger partial charge in [0.25, 0.3) is 5.91 Å². The molecule has 0 aliphatic carbocycles.